The van der Waals surface area contributed by atoms with Gasteiger partial charge in [0, 0.05) is 17.6 Å². The number of hydrogen-bond acceptors (Lipinski definition) is 3. The van der Waals surface area contributed by atoms with Crippen molar-refractivity contribution in [3.8, 4) is 0 Å². The monoisotopic (exact) mass is 332 g/mol. The minimum Gasteiger partial charge on any atom is -0.370 e. The summed E-state index contributed by atoms with van der Waals surface area (Å²) in [6, 6.07) is 4.82. The van der Waals surface area contributed by atoms with Crippen molar-refractivity contribution < 1.29 is 8.42 Å². The van der Waals surface area contributed by atoms with Gasteiger partial charge in [0.05, 0.1) is 11.4 Å². The smallest absolute Gasteiger partial charge is 0.240 e. The standard InChI is InChI=1S/C13H21ClN4O2S/c1-9(2)18-13(15)16-6-7-17-21(19,20)12-5-4-11(14)8-10(12)3/h4-5,8-9,17H,6-7H2,1-3H3,(H3,15,16,18). The van der Waals surface area contributed by atoms with Gasteiger partial charge in [-0.3, -0.25) is 4.99 Å². The van der Waals surface area contributed by atoms with Gasteiger partial charge in [0.1, 0.15) is 0 Å². The number of nitrogens with zero attached hydrogens (tertiary/aromatic N) is 1. The molecule has 0 unspecified atom stereocenters. The van der Waals surface area contributed by atoms with Gasteiger partial charge in [0.25, 0.3) is 0 Å². The lowest BCUT2D eigenvalue weighted by molar-refractivity contribution is 0.581. The van der Waals surface area contributed by atoms with Crippen LogP contribution in [0.15, 0.2) is 28.1 Å². The third-order valence-electron chi connectivity index (χ3n) is 2.55. The lowest BCUT2D eigenvalue weighted by Gasteiger charge is -2.10. The number of nitrogens with two attached hydrogens (primary N) is 1. The molecule has 8 heteroatoms. The minimum absolute atomic E-state index is 0.172. The molecule has 0 atom stereocenters. The van der Waals surface area contributed by atoms with Gasteiger partial charge in [0.15, 0.2) is 5.96 Å². The highest BCUT2D eigenvalue weighted by molar-refractivity contribution is 7.89. The Kier molecular flexibility index (Phi) is 6.44. The highest BCUT2D eigenvalue weighted by atomic mass is 35.5. The van der Waals surface area contributed by atoms with Gasteiger partial charge in [-0.25, -0.2) is 13.1 Å². The van der Waals surface area contributed by atoms with Crippen LogP contribution in [0, 0.1) is 6.92 Å². The molecule has 0 aliphatic heterocycles. The predicted molar refractivity (Wildman–Crippen MR) is 86.1 cm³/mol. The molecule has 0 saturated carbocycles. The molecule has 1 rings (SSSR count). The van der Waals surface area contributed by atoms with E-state index in [0.29, 0.717) is 16.5 Å². The highest BCUT2D eigenvalue weighted by Crippen LogP contribution is 2.19. The fourth-order valence-corrected chi connectivity index (χ4v) is 3.16. The van der Waals surface area contributed by atoms with Crippen LogP contribution in [0.25, 0.3) is 0 Å². The van der Waals surface area contributed by atoms with E-state index in [0.717, 1.165) is 0 Å². The Morgan fingerprint density at radius 1 is 1.43 bits per heavy atom. The summed E-state index contributed by atoms with van der Waals surface area (Å²) in [5, 5.41) is 3.43. The SMILES string of the molecule is Cc1cc(Cl)ccc1S(=O)(=O)NCCN=C(N)NC(C)C. The average Bonchev–Trinajstić information content (AvgIpc) is 2.33. The van der Waals surface area contributed by atoms with Gasteiger partial charge >= 0.3 is 0 Å². The lowest BCUT2D eigenvalue weighted by Crippen LogP contribution is -2.37. The maximum absolute atomic E-state index is 12.1. The van der Waals surface area contributed by atoms with E-state index in [9.17, 15) is 8.42 Å². The van der Waals surface area contributed by atoms with Gasteiger partial charge in [-0.15, -0.1) is 0 Å². The Balaban J connectivity index is 2.62. The summed E-state index contributed by atoms with van der Waals surface area (Å²) in [5.41, 5.74) is 6.22. The van der Waals surface area contributed by atoms with Crippen molar-refractivity contribution in [2.75, 3.05) is 13.1 Å². The van der Waals surface area contributed by atoms with Gasteiger partial charge in [0.2, 0.25) is 10.0 Å². The molecule has 0 spiro atoms. The molecule has 1 aromatic rings. The molecule has 0 amide bonds. The van der Waals surface area contributed by atoms with E-state index in [1.807, 2.05) is 13.8 Å². The van der Waals surface area contributed by atoms with Crippen molar-refractivity contribution >= 4 is 27.6 Å². The van der Waals surface area contributed by atoms with Gasteiger partial charge in [-0.2, -0.15) is 0 Å². The summed E-state index contributed by atoms with van der Waals surface area (Å²) in [7, 11) is -3.57. The minimum atomic E-state index is -3.57. The Hall–Kier alpha value is -1.31. The molecule has 0 heterocycles. The summed E-state index contributed by atoms with van der Waals surface area (Å²) < 4.78 is 26.8. The molecule has 0 saturated heterocycles. The number of benzene rings is 1. The third-order valence-corrected chi connectivity index (χ3v) is 4.41. The van der Waals surface area contributed by atoms with E-state index in [1.54, 1.807) is 19.1 Å². The summed E-state index contributed by atoms with van der Waals surface area (Å²) in [6.45, 7) is 6.01. The molecule has 0 radical (unpaired) electrons. The number of rotatable bonds is 6. The fourth-order valence-electron chi connectivity index (χ4n) is 1.69. The first-order valence-corrected chi connectivity index (χ1v) is 8.41. The van der Waals surface area contributed by atoms with Crippen LogP contribution in [0.5, 0.6) is 0 Å². The van der Waals surface area contributed by atoms with E-state index in [2.05, 4.69) is 15.0 Å². The van der Waals surface area contributed by atoms with Crippen LogP contribution >= 0.6 is 11.6 Å². The normalized spacial score (nSPS) is 12.7. The topological polar surface area (TPSA) is 96.6 Å². The van der Waals surface area contributed by atoms with E-state index >= 15 is 0 Å². The molecule has 0 bridgehead atoms. The second kappa shape index (κ2) is 7.63. The molecule has 0 fully saturated rings. The van der Waals surface area contributed by atoms with Crippen LogP contribution in [-0.4, -0.2) is 33.5 Å². The number of aliphatic imine (C=N–C) groups is 1. The summed E-state index contributed by atoms with van der Waals surface area (Å²) >= 11 is 5.82. The van der Waals surface area contributed by atoms with Gasteiger partial charge < -0.3 is 11.1 Å². The Morgan fingerprint density at radius 3 is 2.67 bits per heavy atom. The number of hydrogen-bond donors (Lipinski definition) is 3. The zero-order valence-corrected chi connectivity index (χ0v) is 13.9. The van der Waals surface area contributed by atoms with Crippen LogP contribution in [-0.2, 0) is 10.0 Å². The molecular weight excluding hydrogens is 312 g/mol. The van der Waals surface area contributed by atoms with Crippen molar-refractivity contribution in [3.63, 3.8) is 0 Å². The van der Waals surface area contributed by atoms with Crippen LogP contribution in [0.2, 0.25) is 5.02 Å². The summed E-state index contributed by atoms with van der Waals surface area (Å²) in [6.07, 6.45) is 0. The molecule has 6 nitrogen and oxygen atoms in total. The molecule has 118 valence electrons. The maximum atomic E-state index is 12.1. The van der Waals surface area contributed by atoms with Crippen molar-refractivity contribution in [1.29, 1.82) is 0 Å². The van der Waals surface area contributed by atoms with Crippen molar-refractivity contribution in [2.45, 2.75) is 31.7 Å². The maximum Gasteiger partial charge on any atom is 0.240 e. The predicted octanol–water partition coefficient (Wildman–Crippen LogP) is 1.24. The van der Waals surface area contributed by atoms with Crippen LogP contribution in [0.3, 0.4) is 0 Å². The zero-order valence-electron chi connectivity index (χ0n) is 12.4. The first kappa shape index (κ1) is 17.7. The summed E-state index contributed by atoms with van der Waals surface area (Å²) in [4.78, 5) is 4.25. The van der Waals surface area contributed by atoms with E-state index < -0.39 is 10.0 Å². The average molecular weight is 333 g/mol. The van der Waals surface area contributed by atoms with Crippen LogP contribution in [0.1, 0.15) is 19.4 Å². The van der Waals surface area contributed by atoms with Crippen molar-refractivity contribution in [1.82, 2.24) is 10.0 Å². The molecule has 21 heavy (non-hydrogen) atoms. The zero-order chi connectivity index (χ0) is 16.0. The Morgan fingerprint density at radius 2 is 2.10 bits per heavy atom. The second-order valence-electron chi connectivity index (χ2n) is 4.87. The number of nitrogens with one attached hydrogen (secondary N) is 2. The quantitative estimate of drug-likeness (QED) is 0.415. The van der Waals surface area contributed by atoms with Crippen LogP contribution in [0.4, 0.5) is 0 Å². The lowest BCUT2D eigenvalue weighted by atomic mass is 10.2. The third kappa shape index (κ3) is 5.91. The first-order chi connectivity index (χ1) is 9.72. The fraction of sp³-hybridized carbons (Fsp3) is 0.462. The highest BCUT2D eigenvalue weighted by Gasteiger charge is 2.15. The Bertz CT molecular complexity index is 615. The molecule has 0 aromatic heterocycles. The molecule has 0 aliphatic rings. The molecular formula is C13H21ClN4O2S. The van der Waals surface area contributed by atoms with Gasteiger partial charge in [-0.05, 0) is 44.5 Å². The van der Waals surface area contributed by atoms with E-state index in [4.69, 9.17) is 17.3 Å². The largest absolute Gasteiger partial charge is 0.370 e. The van der Waals surface area contributed by atoms with Crippen molar-refractivity contribution in [3.05, 3.63) is 28.8 Å². The molecule has 1 aromatic carbocycles. The van der Waals surface area contributed by atoms with Gasteiger partial charge in [-0.1, -0.05) is 11.6 Å². The molecule has 0 aliphatic carbocycles. The summed E-state index contributed by atoms with van der Waals surface area (Å²) in [5.74, 6) is 0.298. The second-order valence-corrected chi connectivity index (χ2v) is 7.05. The molecule has 4 N–H and O–H groups in total. The number of halogens is 1. The van der Waals surface area contributed by atoms with Crippen molar-refractivity contribution in [2.24, 2.45) is 10.7 Å². The van der Waals surface area contributed by atoms with E-state index in [1.165, 1.54) is 6.07 Å². The number of guanidine groups is 1. The number of sulfonamides is 1. The van der Waals surface area contributed by atoms with Crippen LogP contribution < -0.4 is 15.8 Å². The first-order valence-electron chi connectivity index (χ1n) is 6.54. The van der Waals surface area contributed by atoms with E-state index in [-0.39, 0.29) is 24.0 Å². The Labute approximate surface area is 130 Å². The number of aryl methyl sites for hydroxylation is 1.